The molecule has 0 bridgehead atoms. The number of nitrogens with one attached hydrogen (secondary N) is 2. The second-order valence-electron chi connectivity index (χ2n) is 8.65. The number of aromatic nitrogens is 2. The van der Waals surface area contributed by atoms with Crippen LogP contribution in [0.25, 0.3) is 10.9 Å². The van der Waals surface area contributed by atoms with Crippen molar-refractivity contribution >= 4 is 45.8 Å². The molecule has 0 saturated carbocycles. The first kappa shape index (κ1) is 23.7. The minimum Gasteiger partial charge on any atom is -0.468 e. The monoisotopic (exact) mass is 508 g/mol. The fourth-order valence-corrected chi connectivity index (χ4v) is 6.13. The number of thioether (sulfide) groups is 1. The van der Waals surface area contributed by atoms with Crippen molar-refractivity contribution in [2.45, 2.75) is 30.9 Å². The summed E-state index contributed by atoms with van der Waals surface area (Å²) in [7, 11) is 0. The fourth-order valence-electron chi connectivity index (χ4n) is 4.40. The van der Waals surface area contributed by atoms with Gasteiger partial charge in [0.1, 0.15) is 11.5 Å². The number of fused-ring (bicyclic) bond motifs is 1. The highest BCUT2D eigenvalue weighted by atomic mass is 32.2. The lowest BCUT2D eigenvalue weighted by Crippen LogP contribution is -2.38. The van der Waals surface area contributed by atoms with Gasteiger partial charge in [-0.05, 0) is 36.6 Å². The van der Waals surface area contributed by atoms with Crippen LogP contribution in [0.2, 0.25) is 0 Å². The van der Waals surface area contributed by atoms with Gasteiger partial charge in [-0.15, -0.1) is 11.3 Å². The third kappa shape index (κ3) is 5.79. The van der Waals surface area contributed by atoms with E-state index in [1.54, 1.807) is 29.4 Å². The second kappa shape index (κ2) is 11.1. The molecule has 1 aliphatic heterocycles. The number of nitrogens with zero attached hydrogens (tertiary/aromatic N) is 2. The molecule has 182 valence electrons. The maximum absolute atomic E-state index is 12.9. The topological polar surface area (TPSA) is 91.2 Å². The largest absolute Gasteiger partial charge is 0.468 e. The Kier molecular flexibility index (Phi) is 7.54. The first-order valence-electron chi connectivity index (χ1n) is 11.8. The molecule has 0 atom stereocenters. The number of likely N-dealkylation sites (tertiary alicyclic amines) is 1. The zero-order valence-corrected chi connectivity index (χ0v) is 21.0. The highest BCUT2D eigenvalue weighted by Crippen LogP contribution is 2.31. The number of piperidine rings is 1. The average Bonchev–Trinajstić information content (AvgIpc) is 3.66. The van der Waals surface area contributed by atoms with E-state index in [-0.39, 0.29) is 11.8 Å². The quantitative estimate of drug-likeness (QED) is 0.316. The van der Waals surface area contributed by atoms with Gasteiger partial charge in [-0.3, -0.25) is 9.59 Å². The Hall–Kier alpha value is -3.04. The van der Waals surface area contributed by atoms with Gasteiger partial charge in [0.05, 0.1) is 23.4 Å². The number of carbonyl (C=O) groups excluding carboxylic acids is 2. The van der Waals surface area contributed by atoms with E-state index in [0.29, 0.717) is 24.6 Å². The van der Waals surface area contributed by atoms with Gasteiger partial charge in [-0.25, -0.2) is 4.98 Å². The molecule has 3 aromatic heterocycles. The molecule has 0 unspecified atom stereocenters. The van der Waals surface area contributed by atoms with Crippen LogP contribution in [0.5, 0.6) is 0 Å². The second-order valence-corrected chi connectivity index (χ2v) is 10.6. The van der Waals surface area contributed by atoms with Gasteiger partial charge in [0.2, 0.25) is 5.91 Å². The van der Waals surface area contributed by atoms with Crippen molar-refractivity contribution in [3.05, 3.63) is 76.3 Å². The summed E-state index contributed by atoms with van der Waals surface area (Å²) in [6, 6.07) is 11.9. The Bertz CT molecular complexity index is 1270. The number of H-pyrrole nitrogens is 1. The summed E-state index contributed by atoms with van der Waals surface area (Å²) >= 11 is 3.26. The highest BCUT2D eigenvalue weighted by molar-refractivity contribution is 7.98. The van der Waals surface area contributed by atoms with Gasteiger partial charge in [-0.2, -0.15) is 11.8 Å². The van der Waals surface area contributed by atoms with Crippen molar-refractivity contribution in [3.63, 3.8) is 0 Å². The molecule has 2 N–H and O–H groups in total. The van der Waals surface area contributed by atoms with Crippen LogP contribution in [-0.4, -0.2) is 52.1 Å². The molecule has 1 saturated heterocycles. The lowest BCUT2D eigenvalue weighted by atomic mass is 9.97. The molecule has 7 nitrogen and oxygen atoms in total. The molecule has 1 aliphatic rings. The van der Waals surface area contributed by atoms with Crippen LogP contribution in [0.4, 0.5) is 0 Å². The van der Waals surface area contributed by atoms with E-state index in [4.69, 9.17) is 4.42 Å². The zero-order chi connectivity index (χ0) is 24.0. The smallest absolute Gasteiger partial charge is 0.270 e. The Labute approximate surface area is 212 Å². The molecule has 0 spiro atoms. The predicted octanol–water partition coefficient (Wildman–Crippen LogP) is 4.83. The molecule has 1 fully saturated rings. The summed E-state index contributed by atoms with van der Waals surface area (Å²) in [6.07, 6.45) is 5.77. The Balaban J connectivity index is 1.06. The number of hydrogen-bond acceptors (Lipinski definition) is 6. The SMILES string of the molecule is O=C(NCCSCc1ccco1)c1csc(C2CCN(C(=O)Cc3c[nH]c4ccccc34)CC2)n1. The normalized spacial score (nSPS) is 14.5. The van der Waals surface area contributed by atoms with Crippen molar-refractivity contribution in [1.29, 1.82) is 0 Å². The molecule has 4 heterocycles. The van der Waals surface area contributed by atoms with Crippen LogP contribution >= 0.6 is 23.1 Å². The van der Waals surface area contributed by atoms with Crippen LogP contribution in [0.15, 0.2) is 58.7 Å². The Morgan fingerprint density at radius 1 is 1.20 bits per heavy atom. The molecule has 4 aromatic rings. The van der Waals surface area contributed by atoms with Crippen molar-refractivity contribution in [2.24, 2.45) is 0 Å². The minimum absolute atomic E-state index is 0.127. The maximum Gasteiger partial charge on any atom is 0.270 e. The summed E-state index contributed by atoms with van der Waals surface area (Å²) < 4.78 is 5.31. The standard InChI is InChI=1S/C26H28N4O3S2/c31-24(14-19-15-28-22-6-2-1-5-21(19)22)30-10-7-18(8-11-30)26-29-23(17-35-26)25(32)27-9-13-34-16-20-4-3-12-33-20/h1-6,12,15,17-18,28H,7-11,13-14,16H2,(H,27,32). The number of rotatable bonds is 9. The molecule has 0 radical (unpaired) electrons. The molecule has 5 rings (SSSR count). The van der Waals surface area contributed by atoms with Crippen molar-refractivity contribution in [2.75, 3.05) is 25.4 Å². The van der Waals surface area contributed by atoms with Gasteiger partial charge >= 0.3 is 0 Å². The van der Waals surface area contributed by atoms with E-state index < -0.39 is 0 Å². The zero-order valence-electron chi connectivity index (χ0n) is 19.4. The lowest BCUT2D eigenvalue weighted by molar-refractivity contribution is -0.131. The van der Waals surface area contributed by atoms with E-state index in [2.05, 4.69) is 21.4 Å². The Morgan fingerprint density at radius 2 is 2.06 bits per heavy atom. The van der Waals surface area contributed by atoms with Gasteiger partial charge in [0, 0.05) is 53.8 Å². The number of aromatic amines is 1. The van der Waals surface area contributed by atoms with E-state index >= 15 is 0 Å². The summed E-state index contributed by atoms with van der Waals surface area (Å²) in [4.78, 5) is 35.2. The van der Waals surface area contributed by atoms with E-state index in [9.17, 15) is 9.59 Å². The van der Waals surface area contributed by atoms with Crippen molar-refractivity contribution in [3.8, 4) is 0 Å². The average molecular weight is 509 g/mol. The summed E-state index contributed by atoms with van der Waals surface area (Å²) in [5.41, 5.74) is 2.59. The third-order valence-corrected chi connectivity index (χ3v) is 8.31. The molecule has 35 heavy (non-hydrogen) atoms. The van der Waals surface area contributed by atoms with Gasteiger partial charge in [0.15, 0.2) is 0 Å². The summed E-state index contributed by atoms with van der Waals surface area (Å²) in [6.45, 7) is 2.04. The van der Waals surface area contributed by atoms with Gasteiger partial charge in [-0.1, -0.05) is 18.2 Å². The predicted molar refractivity (Wildman–Crippen MR) is 140 cm³/mol. The molecule has 2 amide bonds. The maximum atomic E-state index is 12.9. The summed E-state index contributed by atoms with van der Waals surface area (Å²) in [5, 5.41) is 6.89. The minimum atomic E-state index is -0.127. The number of thiazole rings is 1. The number of hydrogen-bond donors (Lipinski definition) is 2. The van der Waals surface area contributed by atoms with Crippen molar-refractivity contribution in [1.82, 2.24) is 20.2 Å². The number of furan rings is 1. The van der Waals surface area contributed by atoms with Crippen LogP contribution < -0.4 is 5.32 Å². The third-order valence-electron chi connectivity index (χ3n) is 6.32. The van der Waals surface area contributed by atoms with Crippen LogP contribution in [0.3, 0.4) is 0 Å². The number of amides is 2. The van der Waals surface area contributed by atoms with E-state index in [1.165, 1.54) is 0 Å². The summed E-state index contributed by atoms with van der Waals surface area (Å²) in [5.74, 6) is 2.88. The van der Waals surface area contributed by atoms with Gasteiger partial charge in [0.25, 0.3) is 5.91 Å². The van der Waals surface area contributed by atoms with Crippen LogP contribution in [0.1, 0.15) is 45.6 Å². The van der Waals surface area contributed by atoms with Crippen LogP contribution in [-0.2, 0) is 17.0 Å². The van der Waals surface area contributed by atoms with E-state index in [1.807, 2.05) is 46.8 Å². The first-order valence-corrected chi connectivity index (χ1v) is 13.9. The molecule has 0 aliphatic carbocycles. The fraction of sp³-hybridized carbons (Fsp3) is 0.346. The molecule has 9 heteroatoms. The Morgan fingerprint density at radius 3 is 2.89 bits per heavy atom. The first-order chi connectivity index (χ1) is 17.2. The number of carbonyl (C=O) groups is 2. The molecular formula is C26H28N4O3S2. The van der Waals surface area contributed by atoms with Crippen LogP contribution in [0, 0.1) is 0 Å². The van der Waals surface area contributed by atoms with Gasteiger partial charge < -0.3 is 19.6 Å². The molecule has 1 aromatic carbocycles. The molecular weight excluding hydrogens is 480 g/mol. The lowest BCUT2D eigenvalue weighted by Gasteiger charge is -2.31. The van der Waals surface area contributed by atoms with E-state index in [0.717, 1.165) is 64.7 Å². The highest BCUT2D eigenvalue weighted by Gasteiger charge is 2.26. The number of benzene rings is 1. The number of para-hydroxylation sites is 1. The van der Waals surface area contributed by atoms with Crippen molar-refractivity contribution < 1.29 is 14.0 Å².